The Kier molecular flexibility index (Phi) is 5.84. The van der Waals surface area contributed by atoms with E-state index in [1.165, 1.54) is 12.8 Å². The Bertz CT molecular complexity index is 511. The lowest BCUT2D eigenvalue weighted by atomic mass is 10.1. The lowest BCUT2D eigenvalue weighted by molar-refractivity contribution is 0.0488. The maximum absolute atomic E-state index is 12.5. The van der Waals surface area contributed by atoms with Gasteiger partial charge in [0.15, 0.2) is 0 Å². The zero-order valence-electron chi connectivity index (χ0n) is 13.1. The number of hydrogen-bond acceptors (Lipinski definition) is 3. The van der Waals surface area contributed by atoms with Gasteiger partial charge in [-0.3, -0.25) is 9.69 Å². The molecule has 1 saturated carbocycles. The Hall–Kier alpha value is -1.10. The first-order chi connectivity index (χ1) is 10.1. The largest absolute Gasteiger partial charge is 0.392 e. The predicted molar refractivity (Wildman–Crippen MR) is 89.5 cm³/mol. The number of carbonyl (C=O) groups excluding carboxylic acids is 1. The van der Waals surface area contributed by atoms with E-state index in [0.717, 1.165) is 43.9 Å². The molecule has 1 aliphatic heterocycles. The molecule has 22 heavy (non-hydrogen) atoms. The maximum atomic E-state index is 12.5. The summed E-state index contributed by atoms with van der Waals surface area (Å²) in [6, 6.07) is 7.78. The van der Waals surface area contributed by atoms with Crippen LogP contribution in [0.1, 0.15) is 28.8 Å². The first kappa shape index (κ1) is 17.3. The van der Waals surface area contributed by atoms with Crippen LogP contribution in [0.15, 0.2) is 24.3 Å². The first-order valence-electron chi connectivity index (χ1n) is 7.90. The van der Waals surface area contributed by atoms with Gasteiger partial charge >= 0.3 is 0 Å². The molecule has 4 nitrogen and oxygen atoms in total. The van der Waals surface area contributed by atoms with Crippen molar-refractivity contribution in [1.29, 1.82) is 0 Å². The molecule has 3 rings (SSSR count). The van der Waals surface area contributed by atoms with Gasteiger partial charge in [0, 0.05) is 38.3 Å². The average Bonchev–Trinajstić information content (AvgIpc) is 3.32. The van der Waals surface area contributed by atoms with Crippen LogP contribution in [0.5, 0.6) is 0 Å². The molecule has 0 aromatic heterocycles. The number of aryl methyl sites for hydroxylation is 1. The molecule has 5 heteroatoms. The van der Waals surface area contributed by atoms with Crippen LogP contribution in [-0.4, -0.2) is 59.6 Å². The normalized spacial score (nSPS) is 20.4. The summed E-state index contributed by atoms with van der Waals surface area (Å²) in [5.41, 5.74) is 1.90. The van der Waals surface area contributed by atoms with Crippen LogP contribution in [0.2, 0.25) is 0 Å². The van der Waals surface area contributed by atoms with E-state index in [1.807, 2.05) is 36.1 Å². The average molecular weight is 325 g/mol. The zero-order valence-corrected chi connectivity index (χ0v) is 13.9. The number of piperazine rings is 1. The smallest absolute Gasteiger partial charge is 0.253 e. The second-order valence-corrected chi connectivity index (χ2v) is 6.37. The van der Waals surface area contributed by atoms with Gasteiger partial charge in [0.25, 0.3) is 5.91 Å². The molecule has 0 spiro atoms. The molecule has 122 valence electrons. The zero-order chi connectivity index (χ0) is 14.8. The third-order valence-electron chi connectivity index (χ3n) is 4.54. The lowest BCUT2D eigenvalue weighted by Crippen LogP contribution is -2.50. The fourth-order valence-corrected chi connectivity index (χ4v) is 2.99. The number of nitrogens with zero attached hydrogens (tertiary/aromatic N) is 2. The number of aliphatic hydroxyl groups is 1. The second-order valence-electron chi connectivity index (χ2n) is 6.37. The minimum atomic E-state index is -0.177. The van der Waals surface area contributed by atoms with Gasteiger partial charge in [-0.2, -0.15) is 0 Å². The molecule has 1 amide bonds. The Morgan fingerprint density at radius 3 is 2.55 bits per heavy atom. The molecular formula is C17H25ClN2O2. The summed E-state index contributed by atoms with van der Waals surface area (Å²) in [6.07, 6.45) is 2.17. The van der Waals surface area contributed by atoms with Crippen molar-refractivity contribution < 1.29 is 9.90 Å². The van der Waals surface area contributed by atoms with E-state index in [0.29, 0.717) is 5.92 Å². The van der Waals surface area contributed by atoms with Crippen molar-refractivity contribution in [2.24, 2.45) is 5.92 Å². The van der Waals surface area contributed by atoms with Gasteiger partial charge in [-0.15, -0.1) is 12.4 Å². The Morgan fingerprint density at radius 2 is 1.95 bits per heavy atom. The molecule has 1 N–H and O–H groups in total. The van der Waals surface area contributed by atoms with Gasteiger partial charge in [-0.1, -0.05) is 17.7 Å². The molecule has 1 aliphatic carbocycles. The van der Waals surface area contributed by atoms with E-state index < -0.39 is 0 Å². The van der Waals surface area contributed by atoms with E-state index in [9.17, 15) is 9.90 Å². The van der Waals surface area contributed by atoms with Crippen LogP contribution in [0.4, 0.5) is 0 Å². The summed E-state index contributed by atoms with van der Waals surface area (Å²) in [7, 11) is 0. The number of halogens is 1. The number of amides is 1. The van der Waals surface area contributed by atoms with Crippen LogP contribution >= 0.6 is 12.4 Å². The highest BCUT2D eigenvalue weighted by Crippen LogP contribution is 2.32. The number of rotatable bonds is 4. The number of carbonyl (C=O) groups is 1. The third-order valence-corrected chi connectivity index (χ3v) is 4.54. The molecule has 1 atom stereocenters. The molecule has 1 aromatic rings. The van der Waals surface area contributed by atoms with Crippen molar-refractivity contribution in [3.05, 3.63) is 35.4 Å². The molecular weight excluding hydrogens is 300 g/mol. The van der Waals surface area contributed by atoms with Gasteiger partial charge in [-0.25, -0.2) is 0 Å². The topological polar surface area (TPSA) is 43.8 Å². The van der Waals surface area contributed by atoms with E-state index in [4.69, 9.17) is 0 Å². The first-order valence-corrected chi connectivity index (χ1v) is 7.90. The predicted octanol–water partition coefficient (Wildman–Crippen LogP) is 1.95. The maximum Gasteiger partial charge on any atom is 0.253 e. The van der Waals surface area contributed by atoms with Crippen molar-refractivity contribution in [3.8, 4) is 0 Å². The number of β-amino-alcohol motifs (C(OH)–C–C–N with tert-alkyl or cyclic N) is 1. The fourth-order valence-electron chi connectivity index (χ4n) is 2.99. The molecule has 0 radical (unpaired) electrons. The Morgan fingerprint density at radius 1 is 1.27 bits per heavy atom. The van der Waals surface area contributed by atoms with Crippen LogP contribution in [-0.2, 0) is 0 Å². The highest BCUT2D eigenvalue weighted by atomic mass is 35.5. The van der Waals surface area contributed by atoms with Gasteiger partial charge in [-0.05, 0) is 37.8 Å². The van der Waals surface area contributed by atoms with Crippen molar-refractivity contribution in [3.63, 3.8) is 0 Å². The Labute approximate surface area is 138 Å². The summed E-state index contributed by atoms with van der Waals surface area (Å²) in [4.78, 5) is 16.7. The number of aliphatic hydroxyl groups excluding tert-OH is 1. The van der Waals surface area contributed by atoms with Crippen molar-refractivity contribution >= 4 is 18.3 Å². The Balaban J connectivity index is 0.00000176. The minimum absolute atomic E-state index is 0. The van der Waals surface area contributed by atoms with Crippen LogP contribution in [0.3, 0.4) is 0 Å². The fraction of sp³-hybridized carbons (Fsp3) is 0.588. The van der Waals surface area contributed by atoms with E-state index >= 15 is 0 Å². The molecule has 1 unspecified atom stereocenters. The monoisotopic (exact) mass is 324 g/mol. The number of hydrogen-bond donors (Lipinski definition) is 1. The van der Waals surface area contributed by atoms with E-state index in [-0.39, 0.29) is 24.4 Å². The highest BCUT2D eigenvalue weighted by molar-refractivity contribution is 5.94. The van der Waals surface area contributed by atoms with Gasteiger partial charge in [0.2, 0.25) is 0 Å². The van der Waals surface area contributed by atoms with Crippen LogP contribution < -0.4 is 0 Å². The lowest BCUT2D eigenvalue weighted by Gasteiger charge is -2.35. The summed E-state index contributed by atoms with van der Waals surface area (Å²) < 4.78 is 0. The highest BCUT2D eigenvalue weighted by Gasteiger charge is 2.32. The van der Waals surface area contributed by atoms with E-state index in [1.54, 1.807) is 0 Å². The van der Waals surface area contributed by atoms with Crippen LogP contribution in [0.25, 0.3) is 0 Å². The molecule has 2 aliphatic rings. The summed E-state index contributed by atoms with van der Waals surface area (Å²) >= 11 is 0. The quantitative estimate of drug-likeness (QED) is 0.920. The summed E-state index contributed by atoms with van der Waals surface area (Å²) in [6.45, 7) is 6.00. The van der Waals surface area contributed by atoms with E-state index in [2.05, 4.69) is 4.90 Å². The van der Waals surface area contributed by atoms with Crippen molar-refractivity contribution in [2.45, 2.75) is 25.9 Å². The van der Waals surface area contributed by atoms with Crippen molar-refractivity contribution in [2.75, 3.05) is 32.7 Å². The molecule has 2 fully saturated rings. The third kappa shape index (κ3) is 4.22. The molecule has 1 aromatic carbocycles. The molecule has 0 bridgehead atoms. The molecule has 1 heterocycles. The van der Waals surface area contributed by atoms with Crippen LogP contribution in [0, 0.1) is 12.8 Å². The second kappa shape index (κ2) is 7.44. The summed E-state index contributed by atoms with van der Waals surface area (Å²) in [5, 5.41) is 10.0. The SMILES string of the molecule is Cc1cccc(C(=O)N2CCN(CC(O)C3CC3)CC2)c1.Cl. The summed E-state index contributed by atoms with van der Waals surface area (Å²) in [5.74, 6) is 0.651. The minimum Gasteiger partial charge on any atom is -0.392 e. The number of benzene rings is 1. The standard InChI is InChI=1S/C17H24N2O2.ClH/c1-13-3-2-4-15(11-13)17(21)19-9-7-18(8-10-19)12-16(20)14-5-6-14;/h2-4,11,14,16,20H,5-10,12H2,1H3;1H. The van der Waals surface area contributed by atoms with Crippen molar-refractivity contribution in [1.82, 2.24) is 9.80 Å². The van der Waals surface area contributed by atoms with Gasteiger partial charge in [0.05, 0.1) is 6.10 Å². The van der Waals surface area contributed by atoms with Gasteiger partial charge in [0.1, 0.15) is 0 Å². The van der Waals surface area contributed by atoms with Gasteiger partial charge < -0.3 is 10.0 Å². The molecule has 1 saturated heterocycles.